The number of para-hydroxylation sites is 1. The minimum Gasteiger partial charge on any atom is -0.299 e. The molecule has 0 aliphatic heterocycles. The quantitative estimate of drug-likeness (QED) is 0.474. The second-order valence-corrected chi connectivity index (χ2v) is 5.29. The maximum atomic E-state index is 13.2. The highest BCUT2D eigenvalue weighted by atomic mass is 19.4. The maximum absolute atomic E-state index is 13.2. The second-order valence-electron chi connectivity index (χ2n) is 5.29. The van der Waals surface area contributed by atoms with E-state index in [-0.39, 0.29) is 5.56 Å². The lowest BCUT2D eigenvalue weighted by Gasteiger charge is -2.10. The lowest BCUT2D eigenvalue weighted by molar-refractivity contribution is -0.137. The first-order valence-electron chi connectivity index (χ1n) is 7.07. The summed E-state index contributed by atoms with van der Waals surface area (Å²) < 4.78 is 41.4. The smallest absolute Gasteiger partial charge is 0.299 e. The van der Waals surface area contributed by atoms with Crippen molar-refractivity contribution in [1.82, 2.24) is 9.38 Å². The molecular formula is C18H11F3N2. The van der Waals surface area contributed by atoms with E-state index >= 15 is 0 Å². The van der Waals surface area contributed by atoms with Crippen LogP contribution in [-0.2, 0) is 6.18 Å². The van der Waals surface area contributed by atoms with Gasteiger partial charge < -0.3 is 0 Å². The number of hydrogen-bond donors (Lipinski definition) is 0. The van der Waals surface area contributed by atoms with Crippen molar-refractivity contribution in [3.8, 4) is 11.3 Å². The van der Waals surface area contributed by atoms with Crippen molar-refractivity contribution in [3.05, 3.63) is 72.4 Å². The number of halogens is 3. The van der Waals surface area contributed by atoms with Crippen molar-refractivity contribution in [2.24, 2.45) is 0 Å². The molecule has 0 aliphatic carbocycles. The maximum Gasteiger partial charge on any atom is 0.417 e. The van der Waals surface area contributed by atoms with E-state index in [1.807, 2.05) is 40.8 Å². The van der Waals surface area contributed by atoms with Gasteiger partial charge in [-0.05, 0) is 29.7 Å². The average Bonchev–Trinajstić information content (AvgIpc) is 2.98. The predicted molar refractivity (Wildman–Crippen MR) is 83.1 cm³/mol. The van der Waals surface area contributed by atoms with Gasteiger partial charge >= 0.3 is 6.18 Å². The third-order valence-corrected chi connectivity index (χ3v) is 3.85. The highest BCUT2D eigenvalue weighted by molar-refractivity contribution is 5.83. The molecule has 4 aromatic rings. The van der Waals surface area contributed by atoms with Gasteiger partial charge in [0.1, 0.15) is 5.65 Å². The zero-order chi connectivity index (χ0) is 16.0. The normalized spacial score (nSPS) is 12.1. The predicted octanol–water partition coefficient (Wildman–Crippen LogP) is 5.17. The van der Waals surface area contributed by atoms with Gasteiger partial charge in [0.15, 0.2) is 0 Å². The molecule has 4 rings (SSSR count). The van der Waals surface area contributed by atoms with Crippen molar-refractivity contribution in [3.63, 3.8) is 0 Å². The minimum atomic E-state index is -4.41. The van der Waals surface area contributed by atoms with Crippen LogP contribution in [0.3, 0.4) is 0 Å². The van der Waals surface area contributed by atoms with Gasteiger partial charge in [-0.1, -0.05) is 36.4 Å². The molecule has 2 heterocycles. The number of rotatable bonds is 1. The number of nitrogens with zero attached hydrogens (tertiary/aromatic N) is 2. The fourth-order valence-corrected chi connectivity index (χ4v) is 2.80. The zero-order valence-electron chi connectivity index (χ0n) is 11.9. The van der Waals surface area contributed by atoms with Crippen molar-refractivity contribution < 1.29 is 13.2 Å². The lowest BCUT2D eigenvalue weighted by atomic mass is 10.0. The molecule has 2 aromatic carbocycles. The van der Waals surface area contributed by atoms with Gasteiger partial charge in [0.05, 0.1) is 16.8 Å². The highest BCUT2D eigenvalue weighted by Crippen LogP contribution is 2.36. The number of fused-ring (bicyclic) bond motifs is 3. The van der Waals surface area contributed by atoms with Crippen molar-refractivity contribution in [2.45, 2.75) is 6.18 Å². The molecule has 2 nitrogen and oxygen atoms in total. The Labute approximate surface area is 129 Å². The Balaban J connectivity index is 2.00. The summed E-state index contributed by atoms with van der Waals surface area (Å²) in [5.74, 6) is 0. The summed E-state index contributed by atoms with van der Waals surface area (Å²) in [6.07, 6.45) is -2.75. The molecule has 0 N–H and O–H groups in total. The van der Waals surface area contributed by atoms with Gasteiger partial charge in [0, 0.05) is 11.8 Å². The lowest BCUT2D eigenvalue weighted by Crippen LogP contribution is -2.06. The molecule has 0 saturated heterocycles. The van der Waals surface area contributed by atoms with Crippen LogP contribution in [0, 0.1) is 0 Å². The third kappa shape index (κ3) is 2.25. The number of hydrogen-bond acceptors (Lipinski definition) is 1. The van der Waals surface area contributed by atoms with Crippen LogP contribution in [0.1, 0.15) is 5.56 Å². The number of imidazole rings is 1. The van der Waals surface area contributed by atoms with Crippen LogP contribution in [0.5, 0.6) is 0 Å². The molecule has 114 valence electrons. The van der Waals surface area contributed by atoms with Crippen molar-refractivity contribution >= 4 is 16.6 Å². The summed E-state index contributed by atoms with van der Waals surface area (Å²) in [5.41, 5.74) is 1.26. The van der Waals surface area contributed by atoms with Crippen LogP contribution in [0.4, 0.5) is 13.2 Å². The molecule has 5 heteroatoms. The van der Waals surface area contributed by atoms with Crippen LogP contribution < -0.4 is 0 Å². The van der Waals surface area contributed by atoms with Crippen molar-refractivity contribution in [1.29, 1.82) is 0 Å². The van der Waals surface area contributed by atoms with Gasteiger partial charge in [-0.2, -0.15) is 13.2 Å². The summed E-state index contributed by atoms with van der Waals surface area (Å²) in [7, 11) is 0. The first-order chi connectivity index (χ1) is 11.0. The van der Waals surface area contributed by atoms with Crippen LogP contribution in [-0.4, -0.2) is 9.38 Å². The van der Waals surface area contributed by atoms with Gasteiger partial charge in [0.25, 0.3) is 0 Å². The Hall–Kier alpha value is -2.82. The van der Waals surface area contributed by atoms with Gasteiger partial charge in [-0.3, -0.25) is 4.40 Å². The van der Waals surface area contributed by atoms with Gasteiger partial charge in [0.2, 0.25) is 0 Å². The Morgan fingerprint density at radius 1 is 0.826 bits per heavy atom. The standard InChI is InChI=1S/C18H11F3N2/c19-18(20,21)14-7-3-2-6-13(14)15-11-23-16-8-4-1-5-12(16)9-10-17(23)22-15/h1-11H. The molecule has 23 heavy (non-hydrogen) atoms. The van der Waals surface area contributed by atoms with Crippen molar-refractivity contribution in [2.75, 3.05) is 0 Å². The molecule has 0 aliphatic rings. The van der Waals surface area contributed by atoms with Crippen LogP contribution in [0.15, 0.2) is 66.9 Å². The SMILES string of the molecule is FC(F)(F)c1ccccc1-c1cn2c(ccc3ccccc32)n1. The van der Waals surface area contributed by atoms with E-state index in [0.717, 1.165) is 17.0 Å². The van der Waals surface area contributed by atoms with E-state index in [4.69, 9.17) is 0 Å². The Bertz CT molecular complexity index is 1020. The summed E-state index contributed by atoms with van der Waals surface area (Å²) in [6, 6.07) is 16.9. The van der Waals surface area contributed by atoms with Gasteiger partial charge in [-0.15, -0.1) is 0 Å². The fourth-order valence-electron chi connectivity index (χ4n) is 2.80. The van der Waals surface area contributed by atoms with Crippen LogP contribution in [0.25, 0.3) is 27.8 Å². The number of aromatic nitrogens is 2. The molecule has 0 fully saturated rings. The van der Waals surface area contributed by atoms with E-state index in [1.165, 1.54) is 12.1 Å². The topological polar surface area (TPSA) is 17.3 Å². The Kier molecular flexibility index (Phi) is 2.91. The first kappa shape index (κ1) is 13.8. The zero-order valence-corrected chi connectivity index (χ0v) is 11.9. The van der Waals surface area contributed by atoms with Crippen LogP contribution in [0.2, 0.25) is 0 Å². The summed E-state index contributed by atoms with van der Waals surface area (Å²) in [6.45, 7) is 0. The Morgan fingerprint density at radius 2 is 1.57 bits per heavy atom. The van der Waals surface area contributed by atoms with E-state index in [2.05, 4.69) is 4.98 Å². The first-order valence-corrected chi connectivity index (χ1v) is 7.07. The van der Waals surface area contributed by atoms with Crippen LogP contribution >= 0.6 is 0 Å². The largest absolute Gasteiger partial charge is 0.417 e. The van der Waals surface area contributed by atoms with Gasteiger partial charge in [-0.25, -0.2) is 4.98 Å². The second kappa shape index (κ2) is 4.84. The number of benzene rings is 2. The van der Waals surface area contributed by atoms with E-state index < -0.39 is 11.7 Å². The summed E-state index contributed by atoms with van der Waals surface area (Å²) in [4.78, 5) is 4.37. The highest BCUT2D eigenvalue weighted by Gasteiger charge is 2.33. The Morgan fingerprint density at radius 3 is 2.39 bits per heavy atom. The van der Waals surface area contributed by atoms with E-state index in [9.17, 15) is 13.2 Å². The molecule has 0 bridgehead atoms. The molecule has 0 spiro atoms. The monoisotopic (exact) mass is 312 g/mol. The molecule has 0 saturated carbocycles. The number of alkyl halides is 3. The molecule has 0 atom stereocenters. The summed E-state index contributed by atoms with van der Waals surface area (Å²) in [5, 5.41) is 1.01. The third-order valence-electron chi connectivity index (χ3n) is 3.85. The molecule has 0 radical (unpaired) electrons. The molecular weight excluding hydrogens is 301 g/mol. The number of pyridine rings is 1. The fraction of sp³-hybridized carbons (Fsp3) is 0.0556. The molecule has 2 aromatic heterocycles. The minimum absolute atomic E-state index is 0.0905. The van der Waals surface area contributed by atoms with E-state index in [1.54, 1.807) is 12.3 Å². The van der Waals surface area contributed by atoms with E-state index in [0.29, 0.717) is 11.3 Å². The molecule has 0 unspecified atom stereocenters. The molecule has 0 amide bonds. The summed E-state index contributed by atoms with van der Waals surface area (Å²) >= 11 is 0. The average molecular weight is 312 g/mol.